The van der Waals surface area contributed by atoms with Crippen LogP contribution in [0.2, 0.25) is 0 Å². The normalized spacial score (nSPS) is 19.5. The number of carbonyl (C=O) groups is 2. The summed E-state index contributed by atoms with van der Waals surface area (Å²) in [6.45, 7) is 4.07. The Kier molecular flexibility index (Phi) is 3.99. The third kappa shape index (κ3) is 2.70. The van der Waals surface area contributed by atoms with Crippen molar-refractivity contribution in [3.05, 3.63) is 16.0 Å². The zero-order valence-corrected chi connectivity index (χ0v) is 13.1. The Morgan fingerprint density at radius 2 is 1.95 bits per heavy atom. The molecule has 114 valence electrons. The average Bonchev–Trinajstić information content (AvgIpc) is 3.13. The quantitative estimate of drug-likeness (QED) is 0.750. The van der Waals surface area contributed by atoms with Crippen LogP contribution in [0.3, 0.4) is 0 Å². The number of thiophene rings is 1. The minimum Gasteiger partial charge on any atom is -0.365 e. The molecule has 0 aromatic carbocycles. The van der Waals surface area contributed by atoms with E-state index in [1.165, 1.54) is 34.0 Å². The van der Waals surface area contributed by atoms with Crippen LogP contribution in [0, 0.1) is 0 Å². The lowest BCUT2D eigenvalue weighted by Gasteiger charge is -2.19. The highest BCUT2D eigenvalue weighted by atomic mass is 32.1. The second kappa shape index (κ2) is 5.77. The Morgan fingerprint density at radius 3 is 2.62 bits per heavy atom. The molecule has 1 atom stereocenters. The summed E-state index contributed by atoms with van der Waals surface area (Å²) in [5.74, 6) is -0.430. The Labute approximate surface area is 128 Å². The molecule has 1 fully saturated rings. The minimum atomic E-state index is -0.425. The first-order valence-corrected chi connectivity index (χ1v) is 8.49. The number of carbonyl (C=O) groups excluding carboxylic acids is 2. The molecule has 1 aliphatic heterocycles. The van der Waals surface area contributed by atoms with E-state index in [1.54, 1.807) is 0 Å². The molecule has 5 nitrogen and oxygen atoms in total. The van der Waals surface area contributed by atoms with Crippen LogP contribution in [0.25, 0.3) is 0 Å². The van der Waals surface area contributed by atoms with Crippen molar-refractivity contribution in [2.45, 2.75) is 45.1 Å². The number of nitrogens with one attached hydrogen (secondary N) is 2. The highest BCUT2D eigenvalue weighted by Crippen LogP contribution is 2.38. The Balaban J connectivity index is 1.78. The number of fused-ring (bicyclic) bond motifs is 1. The molecule has 1 aromatic rings. The molecule has 6 heteroatoms. The van der Waals surface area contributed by atoms with Crippen LogP contribution >= 0.6 is 11.3 Å². The molecule has 2 amide bonds. The van der Waals surface area contributed by atoms with Crippen molar-refractivity contribution in [2.75, 3.05) is 18.4 Å². The van der Waals surface area contributed by atoms with Crippen LogP contribution in [-0.4, -0.2) is 30.9 Å². The summed E-state index contributed by atoms with van der Waals surface area (Å²) >= 11 is 1.52. The van der Waals surface area contributed by atoms with Crippen molar-refractivity contribution >= 4 is 28.2 Å². The number of amides is 2. The van der Waals surface area contributed by atoms with Crippen LogP contribution < -0.4 is 16.0 Å². The van der Waals surface area contributed by atoms with E-state index in [2.05, 4.69) is 5.32 Å². The van der Waals surface area contributed by atoms with Gasteiger partial charge in [0.25, 0.3) is 11.8 Å². The van der Waals surface area contributed by atoms with Crippen LogP contribution in [0.5, 0.6) is 0 Å². The molecule has 0 bridgehead atoms. The molecule has 0 saturated carbocycles. The molecule has 4 N–H and O–H groups in total. The fourth-order valence-corrected chi connectivity index (χ4v) is 4.72. The predicted octanol–water partition coefficient (Wildman–Crippen LogP) is 0.341. The maximum Gasteiger partial charge on any atom is 0.282 e. The van der Waals surface area contributed by atoms with Crippen molar-refractivity contribution in [1.29, 1.82) is 0 Å². The molecular weight excluding hydrogens is 286 g/mol. The maximum atomic E-state index is 12.4. The number of quaternary nitrogens is 1. The van der Waals surface area contributed by atoms with E-state index in [0.29, 0.717) is 10.6 Å². The molecular formula is C15H22N3O2S+. The van der Waals surface area contributed by atoms with E-state index in [4.69, 9.17) is 5.73 Å². The lowest BCUT2D eigenvalue weighted by atomic mass is 10.1. The Morgan fingerprint density at radius 1 is 1.24 bits per heavy atom. The topological polar surface area (TPSA) is 76.6 Å². The van der Waals surface area contributed by atoms with Crippen LogP contribution in [0.15, 0.2) is 0 Å². The fraction of sp³-hybridized carbons (Fsp3) is 0.600. The van der Waals surface area contributed by atoms with E-state index in [1.807, 2.05) is 6.92 Å². The van der Waals surface area contributed by atoms with Gasteiger partial charge in [-0.05, 0) is 31.7 Å². The van der Waals surface area contributed by atoms with E-state index in [-0.39, 0.29) is 11.9 Å². The Bertz CT molecular complexity index is 576. The first-order valence-electron chi connectivity index (χ1n) is 7.67. The number of rotatable bonds is 4. The SMILES string of the molecule is C[C@@H](C(=O)Nc1sc2c(c1C(N)=O)CCC2)[NH+]1CCCC1. The van der Waals surface area contributed by atoms with E-state index in [9.17, 15) is 9.59 Å². The van der Waals surface area contributed by atoms with Crippen molar-refractivity contribution in [3.63, 3.8) is 0 Å². The van der Waals surface area contributed by atoms with Gasteiger partial charge in [-0.15, -0.1) is 11.3 Å². The van der Waals surface area contributed by atoms with Gasteiger partial charge < -0.3 is 16.0 Å². The zero-order chi connectivity index (χ0) is 15.0. The summed E-state index contributed by atoms with van der Waals surface area (Å²) in [6, 6.07) is -0.0785. The van der Waals surface area contributed by atoms with Crippen LogP contribution in [0.4, 0.5) is 5.00 Å². The monoisotopic (exact) mass is 308 g/mol. The lowest BCUT2D eigenvalue weighted by Crippen LogP contribution is -3.14. The first-order chi connectivity index (χ1) is 10.1. The number of anilines is 1. The van der Waals surface area contributed by atoms with Gasteiger partial charge in [0.15, 0.2) is 6.04 Å². The maximum absolute atomic E-state index is 12.4. The minimum absolute atomic E-state index is 0.00526. The summed E-state index contributed by atoms with van der Waals surface area (Å²) in [5.41, 5.74) is 7.12. The molecule has 1 aromatic heterocycles. The second-order valence-electron chi connectivity index (χ2n) is 6.00. The van der Waals surface area contributed by atoms with E-state index in [0.717, 1.165) is 37.9 Å². The Hall–Kier alpha value is -1.40. The largest absolute Gasteiger partial charge is 0.365 e. The van der Waals surface area contributed by atoms with Crippen molar-refractivity contribution in [2.24, 2.45) is 5.73 Å². The summed E-state index contributed by atoms with van der Waals surface area (Å²) in [7, 11) is 0. The van der Waals surface area contributed by atoms with E-state index >= 15 is 0 Å². The average molecular weight is 308 g/mol. The molecule has 1 aliphatic carbocycles. The van der Waals surface area contributed by atoms with Gasteiger partial charge in [0, 0.05) is 17.7 Å². The van der Waals surface area contributed by atoms with Crippen molar-refractivity contribution < 1.29 is 14.5 Å². The number of aryl methyl sites for hydroxylation is 1. The summed E-state index contributed by atoms with van der Waals surface area (Å²) in [6.07, 6.45) is 5.33. The standard InChI is InChI=1S/C15H21N3O2S/c1-9(18-7-2-3-8-18)14(20)17-15-12(13(16)19)10-5-4-6-11(10)21-15/h9H,2-8H2,1H3,(H2,16,19)(H,17,20)/p+1/t9-/m0/s1. The summed E-state index contributed by atoms with van der Waals surface area (Å²) in [4.78, 5) is 26.7. The number of likely N-dealkylation sites (tertiary alicyclic amines) is 1. The first kappa shape index (κ1) is 14.5. The number of hydrogen-bond acceptors (Lipinski definition) is 3. The van der Waals surface area contributed by atoms with Gasteiger partial charge in [-0.25, -0.2) is 0 Å². The zero-order valence-electron chi connectivity index (χ0n) is 12.3. The number of primary amides is 1. The van der Waals surface area contributed by atoms with Crippen LogP contribution in [-0.2, 0) is 17.6 Å². The number of hydrogen-bond donors (Lipinski definition) is 3. The summed E-state index contributed by atoms with van der Waals surface area (Å²) in [5, 5.41) is 3.61. The van der Waals surface area contributed by atoms with Gasteiger partial charge in [0.05, 0.1) is 18.7 Å². The van der Waals surface area contributed by atoms with Gasteiger partial charge in [0.1, 0.15) is 5.00 Å². The molecule has 0 spiro atoms. The van der Waals surface area contributed by atoms with Gasteiger partial charge >= 0.3 is 0 Å². The molecule has 21 heavy (non-hydrogen) atoms. The van der Waals surface area contributed by atoms with Crippen LogP contribution in [0.1, 0.15) is 47.0 Å². The molecule has 1 saturated heterocycles. The van der Waals surface area contributed by atoms with Gasteiger partial charge in [0.2, 0.25) is 0 Å². The predicted molar refractivity (Wildman–Crippen MR) is 82.9 cm³/mol. The third-order valence-electron chi connectivity index (χ3n) is 4.66. The lowest BCUT2D eigenvalue weighted by molar-refractivity contribution is -0.901. The third-order valence-corrected chi connectivity index (χ3v) is 5.86. The molecule has 0 radical (unpaired) electrons. The molecule has 0 unspecified atom stereocenters. The van der Waals surface area contributed by atoms with Gasteiger partial charge in [-0.1, -0.05) is 0 Å². The summed E-state index contributed by atoms with van der Waals surface area (Å²) < 4.78 is 0. The molecule has 2 aliphatic rings. The molecule has 2 heterocycles. The van der Waals surface area contributed by atoms with E-state index < -0.39 is 5.91 Å². The van der Waals surface area contributed by atoms with Gasteiger partial charge in [-0.3, -0.25) is 9.59 Å². The fourth-order valence-electron chi connectivity index (χ4n) is 3.42. The second-order valence-corrected chi connectivity index (χ2v) is 7.11. The molecule has 3 rings (SSSR count). The highest BCUT2D eigenvalue weighted by molar-refractivity contribution is 7.17. The van der Waals surface area contributed by atoms with Gasteiger partial charge in [-0.2, -0.15) is 0 Å². The van der Waals surface area contributed by atoms with Crippen molar-refractivity contribution in [1.82, 2.24) is 0 Å². The number of nitrogens with two attached hydrogens (primary N) is 1. The van der Waals surface area contributed by atoms with Crippen molar-refractivity contribution in [3.8, 4) is 0 Å². The smallest absolute Gasteiger partial charge is 0.282 e. The highest BCUT2D eigenvalue weighted by Gasteiger charge is 2.31.